The molecule has 0 fully saturated rings. The van der Waals surface area contributed by atoms with E-state index in [0.29, 0.717) is 4.34 Å². The summed E-state index contributed by atoms with van der Waals surface area (Å²) in [7, 11) is 0. The maximum atomic E-state index is 6.17. The van der Waals surface area contributed by atoms with Crippen LogP contribution in [0.25, 0.3) is 0 Å². The molecule has 1 aromatic heterocycles. The van der Waals surface area contributed by atoms with E-state index in [0.717, 1.165) is 14.9 Å². The zero-order valence-electron chi connectivity index (χ0n) is 10.6. The molecule has 0 aliphatic heterocycles. The second-order valence-corrected chi connectivity index (χ2v) is 7.16. The van der Waals surface area contributed by atoms with Gasteiger partial charge in [0.25, 0.3) is 0 Å². The Balaban J connectivity index is 2.08. The molecule has 2 rings (SSSR count). The minimum absolute atomic E-state index is 0.141. The SMILES string of the molecule is CC(N[C@H](C)c1ccc(Cl)cc1)c1cc(Cl)sc1Cl. The van der Waals surface area contributed by atoms with Gasteiger partial charge in [0.05, 0.1) is 8.67 Å². The number of rotatable bonds is 4. The van der Waals surface area contributed by atoms with Crippen LogP contribution in [0.1, 0.15) is 37.1 Å². The van der Waals surface area contributed by atoms with Crippen molar-refractivity contribution < 1.29 is 0 Å². The Bertz CT molecular complexity index is 550. The molecule has 2 aromatic rings. The quantitative estimate of drug-likeness (QED) is 0.710. The first-order valence-corrected chi connectivity index (χ1v) is 7.88. The Morgan fingerprint density at radius 2 is 1.63 bits per heavy atom. The summed E-state index contributed by atoms with van der Waals surface area (Å²) in [4.78, 5) is 0. The predicted molar refractivity (Wildman–Crippen MR) is 85.8 cm³/mol. The van der Waals surface area contributed by atoms with Crippen molar-refractivity contribution in [2.45, 2.75) is 25.9 Å². The first-order valence-electron chi connectivity index (χ1n) is 5.93. The van der Waals surface area contributed by atoms with Crippen LogP contribution in [-0.2, 0) is 0 Å². The molecular formula is C14H14Cl3NS. The van der Waals surface area contributed by atoms with Gasteiger partial charge in [-0.05, 0) is 43.2 Å². The molecule has 0 radical (unpaired) electrons. The normalized spacial score (nSPS) is 14.4. The van der Waals surface area contributed by atoms with E-state index in [1.165, 1.54) is 16.9 Å². The highest BCUT2D eigenvalue weighted by atomic mass is 35.5. The molecule has 0 bridgehead atoms. The molecule has 0 aliphatic carbocycles. The molecule has 19 heavy (non-hydrogen) atoms. The van der Waals surface area contributed by atoms with Crippen molar-refractivity contribution in [3.05, 3.63) is 55.2 Å². The zero-order chi connectivity index (χ0) is 14.0. The summed E-state index contributed by atoms with van der Waals surface area (Å²) in [5, 5.41) is 4.25. The molecule has 102 valence electrons. The topological polar surface area (TPSA) is 12.0 Å². The lowest BCUT2D eigenvalue weighted by Gasteiger charge is -2.20. The molecule has 1 nitrogen and oxygen atoms in total. The number of benzene rings is 1. The first kappa shape index (κ1) is 15.1. The second-order valence-electron chi connectivity index (χ2n) is 4.44. The van der Waals surface area contributed by atoms with Crippen LogP contribution in [0.5, 0.6) is 0 Å². The standard InChI is InChI=1S/C14H14Cl3NS/c1-8(10-3-5-11(15)6-4-10)18-9(2)12-7-13(16)19-14(12)17/h3-9,18H,1-2H3/t8-,9?/m1/s1. The molecule has 5 heteroatoms. The first-order chi connectivity index (χ1) is 8.97. The van der Waals surface area contributed by atoms with Crippen LogP contribution in [0, 0.1) is 0 Å². The van der Waals surface area contributed by atoms with Crippen molar-refractivity contribution in [3.63, 3.8) is 0 Å². The van der Waals surface area contributed by atoms with Gasteiger partial charge in [0.1, 0.15) is 0 Å². The Morgan fingerprint density at radius 3 is 2.16 bits per heavy atom. The van der Waals surface area contributed by atoms with Crippen LogP contribution in [0.3, 0.4) is 0 Å². The molecule has 0 amide bonds. The molecule has 1 heterocycles. The summed E-state index contributed by atoms with van der Waals surface area (Å²) in [6.07, 6.45) is 0. The van der Waals surface area contributed by atoms with E-state index in [2.05, 4.69) is 19.2 Å². The van der Waals surface area contributed by atoms with Gasteiger partial charge in [-0.25, -0.2) is 0 Å². The third-order valence-corrected chi connectivity index (χ3v) is 4.79. The fourth-order valence-electron chi connectivity index (χ4n) is 1.96. The maximum Gasteiger partial charge on any atom is 0.0991 e. The highest BCUT2D eigenvalue weighted by Crippen LogP contribution is 2.35. The van der Waals surface area contributed by atoms with E-state index in [4.69, 9.17) is 34.8 Å². The van der Waals surface area contributed by atoms with E-state index < -0.39 is 0 Å². The van der Waals surface area contributed by atoms with Gasteiger partial charge in [0, 0.05) is 17.1 Å². The minimum atomic E-state index is 0.141. The molecule has 0 saturated carbocycles. The van der Waals surface area contributed by atoms with Crippen LogP contribution in [0.2, 0.25) is 13.7 Å². The summed E-state index contributed by atoms with van der Waals surface area (Å²) >= 11 is 19.4. The molecule has 0 spiro atoms. The second kappa shape index (κ2) is 6.47. The van der Waals surface area contributed by atoms with E-state index in [1.807, 2.05) is 30.3 Å². The van der Waals surface area contributed by atoms with Crippen molar-refractivity contribution in [1.29, 1.82) is 0 Å². The van der Waals surface area contributed by atoms with Gasteiger partial charge in [-0.2, -0.15) is 0 Å². The molecule has 0 saturated heterocycles. The summed E-state index contributed by atoms with van der Waals surface area (Å²) in [5.41, 5.74) is 2.23. The number of nitrogens with one attached hydrogen (secondary N) is 1. The van der Waals surface area contributed by atoms with E-state index in [1.54, 1.807) is 0 Å². The third-order valence-electron chi connectivity index (χ3n) is 3.02. The fourth-order valence-corrected chi connectivity index (χ4v) is 3.73. The lowest BCUT2D eigenvalue weighted by molar-refractivity contribution is 0.496. The summed E-state index contributed by atoms with van der Waals surface area (Å²) in [5.74, 6) is 0. The lowest BCUT2D eigenvalue weighted by Crippen LogP contribution is -2.22. The summed E-state index contributed by atoms with van der Waals surface area (Å²) in [6.45, 7) is 4.19. The van der Waals surface area contributed by atoms with E-state index in [9.17, 15) is 0 Å². The number of hydrogen-bond donors (Lipinski definition) is 1. The van der Waals surface area contributed by atoms with Crippen molar-refractivity contribution in [2.24, 2.45) is 0 Å². The molecule has 1 unspecified atom stereocenters. The Morgan fingerprint density at radius 1 is 1.00 bits per heavy atom. The van der Waals surface area contributed by atoms with Gasteiger partial charge in [-0.15, -0.1) is 11.3 Å². The fraction of sp³-hybridized carbons (Fsp3) is 0.286. The molecule has 2 atom stereocenters. The number of thiophene rings is 1. The molecular weight excluding hydrogens is 321 g/mol. The summed E-state index contributed by atoms with van der Waals surface area (Å²) in [6, 6.07) is 10.1. The summed E-state index contributed by atoms with van der Waals surface area (Å²) < 4.78 is 1.46. The van der Waals surface area contributed by atoms with Gasteiger partial charge in [-0.1, -0.05) is 46.9 Å². The number of hydrogen-bond acceptors (Lipinski definition) is 2. The van der Waals surface area contributed by atoms with Crippen LogP contribution in [0.15, 0.2) is 30.3 Å². The average Bonchev–Trinajstić information content (AvgIpc) is 2.69. The van der Waals surface area contributed by atoms with Crippen LogP contribution < -0.4 is 5.32 Å². The highest BCUT2D eigenvalue weighted by Gasteiger charge is 2.16. The predicted octanol–water partition coefficient (Wildman–Crippen LogP) is 6.12. The molecule has 0 aliphatic rings. The Labute approximate surface area is 132 Å². The van der Waals surface area contributed by atoms with Crippen molar-refractivity contribution in [2.75, 3.05) is 0 Å². The average molecular weight is 335 g/mol. The van der Waals surface area contributed by atoms with Crippen LogP contribution in [-0.4, -0.2) is 0 Å². The minimum Gasteiger partial charge on any atom is -0.304 e. The molecule has 1 aromatic carbocycles. The van der Waals surface area contributed by atoms with Gasteiger partial charge < -0.3 is 5.32 Å². The lowest BCUT2D eigenvalue weighted by atomic mass is 10.1. The number of halogens is 3. The van der Waals surface area contributed by atoms with Crippen molar-refractivity contribution in [3.8, 4) is 0 Å². The monoisotopic (exact) mass is 333 g/mol. The maximum absolute atomic E-state index is 6.17. The smallest absolute Gasteiger partial charge is 0.0991 e. The third kappa shape index (κ3) is 3.87. The highest BCUT2D eigenvalue weighted by molar-refractivity contribution is 7.20. The largest absolute Gasteiger partial charge is 0.304 e. The van der Waals surface area contributed by atoms with E-state index >= 15 is 0 Å². The zero-order valence-corrected chi connectivity index (χ0v) is 13.7. The van der Waals surface area contributed by atoms with Crippen LogP contribution in [0.4, 0.5) is 0 Å². The van der Waals surface area contributed by atoms with Gasteiger partial charge in [-0.3, -0.25) is 0 Å². The van der Waals surface area contributed by atoms with Crippen LogP contribution >= 0.6 is 46.1 Å². The van der Waals surface area contributed by atoms with Crippen molar-refractivity contribution in [1.82, 2.24) is 5.32 Å². The Hall–Kier alpha value is -0.250. The van der Waals surface area contributed by atoms with Gasteiger partial charge in [0.2, 0.25) is 0 Å². The van der Waals surface area contributed by atoms with E-state index in [-0.39, 0.29) is 12.1 Å². The Kier molecular flexibility index (Phi) is 5.15. The van der Waals surface area contributed by atoms with Crippen molar-refractivity contribution >= 4 is 46.1 Å². The van der Waals surface area contributed by atoms with Gasteiger partial charge >= 0.3 is 0 Å². The van der Waals surface area contributed by atoms with Gasteiger partial charge in [0.15, 0.2) is 0 Å². The molecule has 1 N–H and O–H groups in total.